The van der Waals surface area contributed by atoms with Gasteiger partial charge in [0.05, 0.1) is 27.7 Å². The molecule has 3 aromatic carbocycles. The average molecular weight is 540 g/mol. The molecule has 180 valence electrons. The Balaban J connectivity index is 1.51. The molecule has 0 atom stereocenters. The van der Waals surface area contributed by atoms with E-state index in [0.717, 1.165) is 17.1 Å². The number of nitrogens with zero attached hydrogens (tertiary/aromatic N) is 1. The number of anilines is 1. The van der Waals surface area contributed by atoms with E-state index in [1.165, 1.54) is 30.6 Å². The number of rotatable bonds is 10. The first kappa shape index (κ1) is 26.2. The van der Waals surface area contributed by atoms with Crippen molar-refractivity contribution < 1.29 is 17.9 Å². The number of carbonyl (C=O) groups excluding carboxylic acids is 1. The molecular formula is C24H24Cl2N2O4S2. The molecule has 0 aliphatic heterocycles. The number of carbonyl (C=O) groups is 1. The first-order valence-corrected chi connectivity index (χ1v) is 13.6. The molecule has 0 heterocycles. The maximum Gasteiger partial charge on any atom is 0.264 e. The number of sulfonamides is 1. The van der Waals surface area contributed by atoms with E-state index in [0.29, 0.717) is 33.6 Å². The van der Waals surface area contributed by atoms with E-state index in [9.17, 15) is 13.2 Å². The number of hydrogen-bond acceptors (Lipinski definition) is 5. The van der Waals surface area contributed by atoms with Crippen molar-refractivity contribution in [2.75, 3.05) is 30.8 Å². The molecule has 34 heavy (non-hydrogen) atoms. The lowest BCUT2D eigenvalue weighted by Gasteiger charge is -2.20. The van der Waals surface area contributed by atoms with Gasteiger partial charge in [0, 0.05) is 30.7 Å². The molecule has 1 amide bonds. The van der Waals surface area contributed by atoms with Gasteiger partial charge in [-0.15, -0.1) is 0 Å². The zero-order valence-electron chi connectivity index (χ0n) is 18.6. The molecule has 0 saturated carbocycles. The molecule has 0 aliphatic rings. The van der Waals surface area contributed by atoms with Crippen LogP contribution in [0.4, 0.5) is 5.69 Å². The summed E-state index contributed by atoms with van der Waals surface area (Å²) in [4.78, 5) is 12.6. The van der Waals surface area contributed by atoms with Gasteiger partial charge in [-0.3, -0.25) is 9.10 Å². The summed E-state index contributed by atoms with van der Waals surface area (Å²) in [5.74, 6) is 1.84. The van der Waals surface area contributed by atoms with E-state index in [1.807, 2.05) is 12.1 Å². The SMILES string of the molecule is COc1ccc(S(=O)(=O)N(C)c2ccc(C(=O)NCCSCc3ccc(Cl)c(Cl)c3)cc2)cc1. The van der Waals surface area contributed by atoms with Crippen molar-refractivity contribution in [2.45, 2.75) is 10.6 Å². The van der Waals surface area contributed by atoms with Gasteiger partial charge in [-0.2, -0.15) is 11.8 Å². The number of benzene rings is 3. The minimum atomic E-state index is -3.74. The third-order valence-electron chi connectivity index (χ3n) is 5.00. The molecule has 0 bridgehead atoms. The molecule has 10 heteroatoms. The van der Waals surface area contributed by atoms with Crippen LogP contribution >= 0.6 is 35.0 Å². The van der Waals surface area contributed by atoms with Crippen LogP contribution in [-0.2, 0) is 15.8 Å². The molecule has 0 spiro atoms. The summed E-state index contributed by atoms with van der Waals surface area (Å²) < 4.78 is 32.0. The Bertz CT molecular complexity index is 1230. The van der Waals surface area contributed by atoms with Crippen LogP contribution in [-0.4, -0.2) is 40.8 Å². The maximum atomic E-state index is 12.9. The minimum absolute atomic E-state index is 0.149. The highest BCUT2D eigenvalue weighted by atomic mass is 35.5. The summed E-state index contributed by atoms with van der Waals surface area (Å²) in [6.07, 6.45) is 0. The summed E-state index contributed by atoms with van der Waals surface area (Å²) in [7, 11) is -0.750. The lowest BCUT2D eigenvalue weighted by molar-refractivity contribution is 0.0956. The van der Waals surface area contributed by atoms with Gasteiger partial charge in [0.15, 0.2) is 0 Å². The Kier molecular flexibility index (Phi) is 9.13. The molecule has 0 unspecified atom stereocenters. The van der Waals surface area contributed by atoms with Crippen molar-refractivity contribution in [3.05, 3.63) is 87.9 Å². The molecule has 3 rings (SSSR count). The predicted molar refractivity (Wildman–Crippen MR) is 140 cm³/mol. The van der Waals surface area contributed by atoms with E-state index in [4.69, 9.17) is 27.9 Å². The fraction of sp³-hybridized carbons (Fsp3) is 0.208. The fourth-order valence-electron chi connectivity index (χ4n) is 3.03. The number of ether oxygens (including phenoxy) is 1. The lowest BCUT2D eigenvalue weighted by Crippen LogP contribution is -2.27. The molecule has 0 fully saturated rings. The maximum absolute atomic E-state index is 12.9. The van der Waals surface area contributed by atoms with Gasteiger partial charge in [0.25, 0.3) is 15.9 Å². The standard InChI is InChI=1S/C24H24Cl2N2O4S2/c1-28(34(30,31)21-10-8-20(32-2)9-11-21)19-6-4-18(5-7-19)24(29)27-13-14-33-16-17-3-12-22(25)23(26)15-17/h3-12,15H,13-14,16H2,1-2H3,(H,27,29). The van der Waals surface area contributed by atoms with E-state index in [2.05, 4.69) is 5.32 Å². The quantitative estimate of drug-likeness (QED) is 0.345. The monoisotopic (exact) mass is 538 g/mol. The normalized spacial score (nSPS) is 11.2. The van der Waals surface area contributed by atoms with Crippen LogP contribution < -0.4 is 14.4 Å². The van der Waals surface area contributed by atoms with Crippen molar-refractivity contribution in [3.8, 4) is 5.75 Å². The van der Waals surface area contributed by atoms with E-state index < -0.39 is 10.0 Å². The number of hydrogen-bond donors (Lipinski definition) is 1. The van der Waals surface area contributed by atoms with Crippen LogP contribution in [0.15, 0.2) is 71.6 Å². The number of amides is 1. The zero-order valence-corrected chi connectivity index (χ0v) is 21.8. The highest BCUT2D eigenvalue weighted by molar-refractivity contribution is 7.98. The number of thioether (sulfide) groups is 1. The van der Waals surface area contributed by atoms with Gasteiger partial charge in [0.1, 0.15) is 5.75 Å². The highest BCUT2D eigenvalue weighted by Gasteiger charge is 2.21. The molecule has 0 radical (unpaired) electrons. The van der Waals surface area contributed by atoms with Gasteiger partial charge < -0.3 is 10.1 Å². The topological polar surface area (TPSA) is 75.7 Å². The van der Waals surface area contributed by atoms with Gasteiger partial charge in [-0.1, -0.05) is 29.3 Å². The largest absolute Gasteiger partial charge is 0.497 e. The van der Waals surface area contributed by atoms with Gasteiger partial charge in [-0.25, -0.2) is 8.42 Å². The molecule has 0 aliphatic carbocycles. The lowest BCUT2D eigenvalue weighted by atomic mass is 10.2. The third-order valence-corrected chi connectivity index (χ3v) is 8.56. The second kappa shape index (κ2) is 11.8. The van der Waals surface area contributed by atoms with Crippen molar-refractivity contribution in [1.29, 1.82) is 0 Å². The Hall–Kier alpha value is -2.39. The second-order valence-corrected chi connectivity index (χ2v) is 11.1. The van der Waals surface area contributed by atoms with Gasteiger partial charge >= 0.3 is 0 Å². The van der Waals surface area contributed by atoms with Crippen LogP contribution in [0.1, 0.15) is 15.9 Å². The third kappa shape index (κ3) is 6.60. The minimum Gasteiger partial charge on any atom is -0.497 e. The molecule has 6 nitrogen and oxygen atoms in total. The van der Waals surface area contributed by atoms with Crippen LogP contribution in [0, 0.1) is 0 Å². The Labute approximate surface area is 214 Å². The van der Waals surface area contributed by atoms with Crippen molar-refractivity contribution in [1.82, 2.24) is 5.32 Å². The number of halogens is 2. The van der Waals surface area contributed by atoms with Gasteiger partial charge in [0.2, 0.25) is 0 Å². The Morgan fingerprint density at radius 1 is 1.00 bits per heavy atom. The van der Waals surface area contributed by atoms with Crippen molar-refractivity contribution >= 4 is 56.6 Å². The van der Waals surface area contributed by atoms with Crippen LogP contribution in [0.3, 0.4) is 0 Å². The Morgan fingerprint density at radius 2 is 1.68 bits per heavy atom. The first-order chi connectivity index (χ1) is 16.2. The van der Waals surface area contributed by atoms with Gasteiger partial charge in [-0.05, 0) is 66.2 Å². The summed E-state index contributed by atoms with van der Waals surface area (Å²) >= 11 is 13.6. The van der Waals surface area contributed by atoms with E-state index in [-0.39, 0.29) is 10.8 Å². The first-order valence-electron chi connectivity index (χ1n) is 10.3. The number of methoxy groups -OCH3 is 1. The average Bonchev–Trinajstić information content (AvgIpc) is 2.85. The van der Waals surface area contributed by atoms with Crippen LogP contribution in [0.25, 0.3) is 0 Å². The molecule has 1 N–H and O–H groups in total. The van der Waals surface area contributed by atoms with Crippen molar-refractivity contribution in [3.63, 3.8) is 0 Å². The van der Waals surface area contributed by atoms with Crippen LogP contribution in [0.5, 0.6) is 5.75 Å². The molecule has 0 saturated heterocycles. The van der Waals surface area contributed by atoms with Crippen molar-refractivity contribution in [2.24, 2.45) is 0 Å². The zero-order chi connectivity index (χ0) is 24.7. The summed E-state index contributed by atoms with van der Waals surface area (Å²) in [5, 5.41) is 3.92. The smallest absolute Gasteiger partial charge is 0.264 e. The summed E-state index contributed by atoms with van der Waals surface area (Å²) in [6, 6.07) is 18.1. The van der Waals surface area contributed by atoms with E-state index >= 15 is 0 Å². The predicted octanol–water partition coefficient (Wildman–Crippen LogP) is 5.49. The summed E-state index contributed by atoms with van der Waals surface area (Å²) in [5.41, 5.74) is 1.97. The second-order valence-electron chi connectivity index (χ2n) is 7.25. The Morgan fingerprint density at radius 3 is 2.29 bits per heavy atom. The summed E-state index contributed by atoms with van der Waals surface area (Å²) in [6.45, 7) is 0.498. The number of nitrogens with one attached hydrogen (secondary N) is 1. The highest BCUT2D eigenvalue weighted by Crippen LogP contribution is 2.25. The fourth-order valence-corrected chi connectivity index (χ4v) is 5.35. The van der Waals surface area contributed by atoms with Crippen LogP contribution in [0.2, 0.25) is 10.0 Å². The molecule has 0 aromatic heterocycles. The molecular weight excluding hydrogens is 515 g/mol. The molecule has 3 aromatic rings. The van der Waals surface area contributed by atoms with E-state index in [1.54, 1.807) is 54.2 Å².